The average molecular weight is 373 g/mol. The molecule has 6 nitrogen and oxygen atoms in total. The van der Waals surface area contributed by atoms with Crippen molar-refractivity contribution in [2.24, 2.45) is 0 Å². The van der Waals surface area contributed by atoms with Crippen molar-refractivity contribution in [3.8, 4) is 5.75 Å². The van der Waals surface area contributed by atoms with Gasteiger partial charge in [-0.1, -0.05) is 18.2 Å². The van der Waals surface area contributed by atoms with E-state index in [1.807, 2.05) is 0 Å². The molecule has 0 aromatic heterocycles. The number of halogens is 1. The Bertz CT molecular complexity index is 852. The molecule has 2 N–H and O–H groups in total. The number of hydrogen-bond acceptors (Lipinski definition) is 4. The average Bonchev–Trinajstić information content (AvgIpc) is 2.66. The summed E-state index contributed by atoms with van der Waals surface area (Å²) in [4.78, 5) is 23.2. The van der Waals surface area contributed by atoms with Gasteiger partial charge >= 0.3 is 5.97 Å². The number of fused-ring (bicyclic) bond motifs is 1. The van der Waals surface area contributed by atoms with Crippen LogP contribution in [0.2, 0.25) is 0 Å². The summed E-state index contributed by atoms with van der Waals surface area (Å²) in [5.74, 6) is -0.947. The molecule has 0 atom stereocenters. The Balaban J connectivity index is 1.52. The summed E-state index contributed by atoms with van der Waals surface area (Å²) in [6, 6.07) is 9.41. The maximum Gasteiger partial charge on any atom is 0.335 e. The van der Waals surface area contributed by atoms with Crippen LogP contribution in [0.1, 0.15) is 33.5 Å². The summed E-state index contributed by atoms with van der Waals surface area (Å²) in [6.07, 6.45) is 0.942. The molecule has 1 heterocycles. The van der Waals surface area contributed by atoms with Crippen LogP contribution in [0.3, 0.4) is 0 Å². The summed E-state index contributed by atoms with van der Waals surface area (Å²) in [5.41, 5.74) is 2.17. The van der Waals surface area contributed by atoms with Crippen LogP contribution in [-0.4, -0.2) is 30.3 Å². The van der Waals surface area contributed by atoms with E-state index in [1.165, 1.54) is 18.2 Å². The molecular weight excluding hydrogens is 353 g/mol. The number of aryl methyl sites for hydroxylation is 1. The third kappa shape index (κ3) is 4.83. The summed E-state index contributed by atoms with van der Waals surface area (Å²) in [5, 5.41) is 11.9. The monoisotopic (exact) mass is 373 g/mol. The number of amides is 1. The van der Waals surface area contributed by atoms with E-state index < -0.39 is 5.97 Å². The largest absolute Gasteiger partial charge is 0.478 e. The van der Waals surface area contributed by atoms with Gasteiger partial charge in [0, 0.05) is 18.5 Å². The molecule has 0 saturated carbocycles. The van der Waals surface area contributed by atoms with Gasteiger partial charge in [-0.3, -0.25) is 4.79 Å². The zero-order chi connectivity index (χ0) is 19.2. The quantitative estimate of drug-likeness (QED) is 0.780. The number of aromatic carboxylic acids is 1. The Hall–Kier alpha value is -2.93. The van der Waals surface area contributed by atoms with Crippen molar-refractivity contribution in [1.29, 1.82) is 0 Å². The lowest BCUT2D eigenvalue weighted by molar-refractivity contribution is -0.121. The first-order chi connectivity index (χ1) is 13.0. The van der Waals surface area contributed by atoms with E-state index in [0.717, 1.165) is 0 Å². The van der Waals surface area contributed by atoms with Gasteiger partial charge in [0.2, 0.25) is 5.91 Å². The summed E-state index contributed by atoms with van der Waals surface area (Å²) < 4.78 is 24.3. The second-order valence-corrected chi connectivity index (χ2v) is 6.23. The fraction of sp³-hybridized carbons (Fsp3) is 0.300. The van der Waals surface area contributed by atoms with Gasteiger partial charge < -0.3 is 19.9 Å². The van der Waals surface area contributed by atoms with E-state index in [4.69, 9.17) is 14.6 Å². The van der Waals surface area contributed by atoms with Crippen molar-refractivity contribution in [1.82, 2.24) is 5.32 Å². The van der Waals surface area contributed by atoms with E-state index in [9.17, 15) is 14.0 Å². The maximum atomic E-state index is 13.7. The highest BCUT2D eigenvalue weighted by atomic mass is 19.1. The molecule has 0 spiro atoms. The number of carboxylic acids is 1. The minimum absolute atomic E-state index is 0.126. The van der Waals surface area contributed by atoms with Crippen LogP contribution >= 0.6 is 0 Å². The second kappa shape index (κ2) is 8.64. The van der Waals surface area contributed by atoms with Gasteiger partial charge in [0.05, 0.1) is 12.2 Å². The Labute approximate surface area is 155 Å². The normalized spacial score (nSPS) is 12.8. The third-order valence-electron chi connectivity index (χ3n) is 4.34. The van der Waals surface area contributed by atoms with E-state index in [-0.39, 0.29) is 30.5 Å². The first-order valence-corrected chi connectivity index (χ1v) is 8.64. The van der Waals surface area contributed by atoms with Crippen molar-refractivity contribution in [3.05, 3.63) is 64.5 Å². The fourth-order valence-corrected chi connectivity index (χ4v) is 3.06. The van der Waals surface area contributed by atoms with Crippen LogP contribution in [0.15, 0.2) is 36.4 Å². The number of nitrogens with one attached hydrogen (secondary N) is 1. The van der Waals surface area contributed by atoms with Gasteiger partial charge in [-0.05, 0) is 42.2 Å². The summed E-state index contributed by atoms with van der Waals surface area (Å²) in [6.45, 7) is 0.760. The number of ether oxygens (including phenoxy) is 2. The number of rotatable bonds is 7. The number of carbonyl (C=O) groups excluding carboxylic acids is 1. The zero-order valence-electron chi connectivity index (χ0n) is 14.7. The molecule has 1 aliphatic heterocycles. The molecule has 0 unspecified atom stereocenters. The first-order valence-electron chi connectivity index (χ1n) is 8.64. The van der Waals surface area contributed by atoms with Gasteiger partial charge in [0.15, 0.2) is 6.79 Å². The fourth-order valence-electron chi connectivity index (χ4n) is 3.06. The highest BCUT2D eigenvalue weighted by Gasteiger charge is 2.17. The molecule has 1 amide bonds. The molecule has 3 rings (SSSR count). The highest BCUT2D eigenvalue weighted by Crippen LogP contribution is 2.29. The van der Waals surface area contributed by atoms with Gasteiger partial charge in [0.25, 0.3) is 0 Å². The Morgan fingerprint density at radius 1 is 1.15 bits per heavy atom. The third-order valence-corrected chi connectivity index (χ3v) is 4.34. The minimum Gasteiger partial charge on any atom is -0.478 e. The number of benzene rings is 2. The van der Waals surface area contributed by atoms with Crippen molar-refractivity contribution >= 4 is 11.9 Å². The molecule has 0 bridgehead atoms. The lowest BCUT2D eigenvalue weighted by atomic mass is 10.0. The molecule has 0 saturated heterocycles. The number of hydrogen-bond donors (Lipinski definition) is 2. The Kier molecular flexibility index (Phi) is 6.03. The van der Waals surface area contributed by atoms with Gasteiger partial charge in [-0.15, -0.1) is 0 Å². The highest BCUT2D eigenvalue weighted by molar-refractivity contribution is 5.89. The Morgan fingerprint density at radius 3 is 2.78 bits per heavy atom. The molecule has 142 valence electrons. The zero-order valence-corrected chi connectivity index (χ0v) is 14.7. The minimum atomic E-state index is -1.01. The van der Waals surface area contributed by atoms with Crippen molar-refractivity contribution < 1.29 is 28.6 Å². The molecule has 27 heavy (non-hydrogen) atoms. The summed E-state index contributed by atoms with van der Waals surface area (Å²) in [7, 11) is 0. The van der Waals surface area contributed by atoms with E-state index in [0.29, 0.717) is 48.4 Å². The van der Waals surface area contributed by atoms with E-state index >= 15 is 0 Å². The smallest absolute Gasteiger partial charge is 0.335 e. The lowest BCUT2D eigenvalue weighted by Crippen LogP contribution is -2.26. The van der Waals surface area contributed by atoms with Crippen molar-refractivity contribution in [3.63, 3.8) is 0 Å². The molecule has 0 aliphatic carbocycles. The van der Waals surface area contributed by atoms with Crippen LogP contribution in [0, 0.1) is 5.82 Å². The SMILES string of the molecule is O=C(CCc1ccccc1C(=O)O)NCCc1cc(F)cc2c1OCOC2. The molecule has 1 aliphatic rings. The van der Waals surface area contributed by atoms with Gasteiger partial charge in [0.1, 0.15) is 11.6 Å². The van der Waals surface area contributed by atoms with Crippen LogP contribution in [0.25, 0.3) is 0 Å². The standard InChI is InChI=1S/C20H20FNO5/c21-16-9-14(19-15(10-16)11-26-12-27-19)7-8-22-18(23)6-5-13-3-1-2-4-17(13)20(24)25/h1-4,9-10H,5-8,11-12H2,(H,22,23)(H,24,25). The lowest BCUT2D eigenvalue weighted by Gasteiger charge is -2.21. The van der Waals surface area contributed by atoms with E-state index in [1.54, 1.807) is 18.2 Å². The van der Waals surface area contributed by atoms with Crippen LogP contribution in [0.4, 0.5) is 4.39 Å². The maximum absolute atomic E-state index is 13.7. The van der Waals surface area contributed by atoms with Crippen LogP contribution in [-0.2, 0) is 29.0 Å². The topological polar surface area (TPSA) is 84.9 Å². The molecular formula is C20H20FNO5. The predicted molar refractivity (Wildman–Crippen MR) is 95.1 cm³/mol. The molecule has 7 heteroatoms. The number of carbonyl (C=O) groups is 2. The Morgan fingerprint density at radius 2 is 1.96 bits per heavy atom. The second-order valence-electron chi connectivity index (χ2n) is 6.23. The molecule has 0 radical (unpaired) electrons. The van der Waals surface area contributed by atoms with Crippen molar-refractivity contribution in [2.75, 3.05) is 13.3 Å². The molecule has 2 aromatic rings. The van der Waals surface area contributed by atoms with Crippen LogP contribution in [0.5, 0.6) is 5.75 Å². The number of carboxylic acid groups (broad SMARTS) is 1. The predicted octanol–water partition coefficient (Wildman–Crippen LogP) is 2.68. The molecule has 2 aromatic carbocycles. The van der Waals surface area contributed by atoms with Crippen molar-refractivity contribution in [2.45, 2.75) is 25.9 Å². The van der Waals surface area contributed by atoms with Gasteiger partial charge in [-0.25, -0.2) is 9.18 Å². The van der Waals surface area contributed by atoms with Crippen LogP contribution < -0.4 is 10.1 Å². The van der Waals surface area contributed by atoms with Gasteiger partial charge in [-0.2, -0.15) is 0 Å². The first kappa shape index (κ1) is 18.8. The van der Waals surface area contributed by atoms with E-state index in [2.05, 4.69) is 5.32 Å². The molecule has 0 fully saturated rings. The summed E-state index contributed by atoms with van der Waals surface area (Å²) >= 11 is 0.